The summed E-state index contributed by atoms with van der Waals surface area (Å²) in [6.45, 7) is 3.03. The largest absolute Gasteiger partial charge is 0.488 e. The molecule has 0 spiro atoms. The number of hydrogen-bond acceptors (Lipinski definition) is 10. The summed E-state index contributed by atoms with van der Waals surface area (Å²) in [7, 11) is 3.50. The first-order valence-corrected chi connectivity index (χ1v) is 11.8. The van der Waals surface area contributed by atoms with Gasteiger partial charge in [0.2, 0.25) is 5.95 Å². The standard InChI is InChI=1S/C24H31N7O4/c1-30-21(12-27-22(30)23(32)31-13-17(14-31)33-2)29-24-26-8-5-19(28-24)15-3-4-20(18(25)11-15)35-16-6-9-34-10-7-16/h3-5,8,11,16-17,21H,6-7,9-10,12-14,25H2,1-2H3,(H,26,28,29). The van der Waals surface area contributed by atoms with Crippen molar-refractivity contribution in [3.63, 3.8) is 0 Å². The predicted octanol–water partition coefficient (Wildman–Crippen LogP) is 1.22. The lowest BCUT2D eigenvalue weighted by Crippen LogP contribution is -2.58. The lowest BCUT2D eigenvalue weighted by Gasteiger charge is -2.38. The number of carbonyl (C=O) groups excluding carboxylic acids is 1. The predicted molar refractivity (Wildman–Crippen MR) is 131 cm³/mol. The molecular formula is C24H31N7O4. The number of methoxy groups -OCH3 is 1. The van der Waals surface area contributed by atoms with Crippen molar-refractivity contribution in [1.29, 1.82) is 0 Å². The zero-order chi connectivity index (χ0) is 24.4. The van der Waals surface area contributed by atoms with E-state index in [1.165, 1.54) is 0 Å². The van der Waals surface area contributed by atoms with Crippen LogP contribution in [0.1, 0.15) is 12.8 Å². The van der Waals surface area contributed by atoms with Gasteiger partial charge in [-0.25, -0.2) is 9.97 Å². The minimum absolute atomic E-state index is 0.0849. The third-order valence-electron chi connectivity index (χ3n) is 6.59. The number of anilines is 2. The van der Waals surface area contributed by atoms with Gasteiger partial charge in [0.1, 0.15) is 18.0 Å². The molecule has 3 N–H and O–H groups in total. The number of hydrogen-bond donors (Lipinski definition) is 2. The van der Waals surface area contributed by atoms with Crippen LogP contribution in [0.5, 0.6) is 5.75 Å². The zero-order valence-electron chi connectivity index (χ0n) is 20.0. The summed E-state index contributed by atoms with van der Waals surface area (Å²) in [6.07, 6.45) is 3.43. The second-order valence-electron chi connectivity index (χ2n) is 8.95. The van der Waals surface area contributed by atoms with E-state index in [2.05, 4.69) is 20.3 Å². The normalized spacial score (nSPS) is 21.0. The molecule has 11 heteroatoms. The smallest absolute Gasteiger partial charge is 0.289 e. The molecule has 186 valence electrons. The van der Waals surface area contributed by atoms with Crippen LogP contribution in [0.15, 0.2) is 35.5 Å². The Hall–Kier alpha value is -3.44. The maximum atomic E-state index is 12.7. The van der Waals surface area contributed by atoms with Crippen LogP contribution in [0.25, 0.3) is 11.3 Å². The number of aromatic nitrogens is 2. The lowest BCUT2D eigenvalue weighted by atomic mass is 10.1. The average Bonchev–Trinajstić information content (AvgIpc) is 3.20. The van der Waals surface area contributed by atoms with Crippen LogP contribution in [0.3, 0.4) is 0 Å². The first kappa shape index (κ1) is 23.3. The van der Waals surface area contributed by atoms with E-state index in [1.807, 2.05) is 36.2 Å². The Kier molecular flexibility index (Phi) is 6.69. The lowest BCUT2D eigenvalue weighted by molar-refractivity contribution is -0.136. The van der Waals surface area contributed by atoms with Crippen LogP contribution in [0, 0.1) is 0 Å². The molecule has 4 heterocycles. The topological polar surface area (TPSA) is 127 Å². The highest BCUT2D eigenvalue weighted by atomic mass is 16.5. The number of ether oxygens (including phenoxy) is 3. The van der Waals surface area contributed by atoms with Crippen molar-refractivity contribution in [2.75, 3.05) is 58.1 Å². The highest BCUT2D eigenvalue weighted by Gasteiger charge is 2.37. The van der Waals surface area contributed by atoms with Crippen molar-refractivity contribution >= 4 is 23.4 Å². The van der Waals surface area contributed by atoms with Crippen molar-refractivity contribution in [3.05, 3.63) is 30.5 Å². The number of nitrogens with zero attached hydrogens (tertiary/aromatic N) is 5. The van der Waals surface area contributed by atoms with Gasteiger partial charge < -0.3 is 35.1 Å². The van der Waals surface area contributed by atoms with Crippen LogP contribution < -0.4 is 15.8 Å². The fraction of sp³-hybridized carbons (Fsp3) is 0.500. The molecule has 1 atom stereocenters. The Labute approximate surface area is 204 Å². The van der Waals surface area contributed by atoms with Gasteiger partial charge in [0.25, 0.3) is 5.91 Å². The van der Waals surface area contributed by atoms with Gasteiger partial charge in [-0.1, -0.05) is 0 Å². The van der Waals surface area contributed by atoms with Crippen molar-refractivity contribution in [2.45, 2.75) is 31.2 Å². The van der Waals surface area contributed by atoms with Gasteiger partial charge in [0.15, 0.2) is 5.84 Å². The van der Waals surface area contributed by atoms with E-state index in [0.717, 1.165) is 24.1 Å². The van der Waals surface area contributed by atoms with Gasteiger partial charge in [-0.15, -0.1) is 0 Å². The Morgan fingerprint density at radius 3 is 2.74 bits per heavy atom. The van der Waals surface area contributed by atoms with Crippen molar-refractivity contribution in [3.8, 4) is 17.0 Å². The van der Waals surface area contributed by atoms with Crippen LogP contribution in [-0.4, -0.2) is 96.9 Å². The summed E-state index contributed by atoms with van der Waals surface area (Å²) in [5.74, 6) is 1.47. The molecule has 0 radical (unpaired) electrons. The first-order valence-electron chi connectivity index (χ1n) is 11.8. The van der Waals surface area contributed by atoms with Gasteiger partial charge in [-0.05, 0) is 24.3 Å². The fourth-order valence-corrected chi connectivity index (χ4v) is 4.34. The molecule has 11 nitrogen and oxygen atoms in total. The van der Waals surface area contributed by atoms with Crippen LogP contribution in [0.4, 0.5) is 11.6 Å². The van der Waals surface area contributed by atoms with E-state index < -0.39 is 0 Å². The number of nitrogens with one attached hydrogen (secondary N) is 1. The summed E-state index contributed by atoms with van der Waals surface area (Å²) in [6, 6.07) is 7.52. The van der Waals surface area contributed by atoms with E-state index in [-0.39, 0.29) is 24.3 Å². The Morgan fingerprint density at radius 1 is 1.20 bits per heavy atom. The number of rotatable bonds is 7. The minimum Gasteiger partial charge on any atom is -0.488 e. The van der Waals surface area contributed by atoms with Crippen LogP contribution in [0.2, 0.25) is 0 Å². The molecule has 1 unspecified atom stereocenters. The Balaban J connectivity index is 1.22. The van der Waals surface area contributed by atoms with Gasteiger partial charge >= 0.3 is 0 Å². The van der Waals surface area contributed by atoms with E-state index in [4.69, 9.17) is 19.9 Å². The van der Waals surface area contributed by atoms with E-state index >= 15 is 0 Å². The van der Waals surface area contributed by atoms with Gasteiger partial charge in [-0.2, -0.15) is 0 Å². The maximum absolute atomic E-state index is 12.7. The number of likely N-dealkylation sites (N-methyl/N-ethyl adjacent to an activating group) is 1. The fourth-order valence-electron chi connectivity index (χ4n) is 4.34. The van der Waals surface area contributed by atoms with Gasteiger partial charge in [-0.3, -0.25) is 9.79 Å². The molecule has 0 bridgehead atoms. The number of carbonyl (C=O) groups is 1. The Bertz CT molecular complexity index is 1100. The average molecular weight is 482 g/mol. The summed E-state index contributed by atoms with van der Waals surface area (Å²) in [5, 5.41) is 3.29. The number of nitrogens with two attached hydrogens (primary N) is 1. The molecule has 0 saturated carbocycles. The number of nitrogen functional groups attached to an aromatic ring is 1. The molecule has 2 fully saturated rings. The molecule has 35 heavy (non-hydrogen) atoms. The number of aliphatic imine (C=N–C) groups is 1. The van der Waals surface area contributed by atoms with E-state index in [0.29, 0.717) is 56.1 Å². The highest BCUT2D eigenvalue weighted by Crippen LogP contribution is 2.30. The van der Waals surface area contributed by atoms with Gasteiger partial charge in [0.05, 0.1) is 37.2 Å². The summed E-state index contributed by atoms with van der Waals surface area (Å²) in [5.41, 5.74) is 8.45. The van der Waals surface area contributed by atoms with Crippen molar-refractivity contribution in [1.82, 2.24) is 19.8 Å². The van der Waals surface area contributed by atoms with Crippen LogP contribution >= 0.6 is 0 Å². The molecule has 0 aliphatic carbocycles. The van der Waals surface area contributed by atoms with Crippen LogP contribution in [-0.2, 0) is 14.3 Å². The highest BCUT2D eigenvalue weighted by molar-refractivity contribution is 6.38. The molecular weight excluding hydrogens is 450 g/mol. The monoisotopic (exact) mass is 481 g/mol. The van der Waals surface area contributed by atoms with Crippen molar-refractivity contribution < 1.29 is 19.0 Å². The first-order chi connectivity index (χ1) is 17.0. The second kappa shape index (κ2) is 10.0. The van der Waals surface area contributed by atoms with E-state index in [9.17, 15) is 4.79 Å². The number of amidine groups is 1. The summed E-state index contributed by atoms with van der Waals surface area (Å²) in [4.78, 5) is 29.8. The molecule has 1 aromatic heterocycles. The quantitative estimate of drug-likeness (QED) is 0.561. The molecule has 1 aromatic carbocycles. The maximum Gasteiger partial charge on any atom is 0.289 e. The van der Waals surface area contributed by atoms with E-state index in [1.54, 1.807) is 18.2 Å². The minimum atomic E-state index is -0.219. The SMILES string of the molecule is COC1CN(C(=O)C2=NCC(Nc3nccc(-c4ccc(OC5CCOCC5)c(N)c4)n3)N2C)C1. The Morgan fingerprint density at radius 2 is 2.00 bits per heavy atom. The molecule has 3 aliphatic heterocycles. The van der Waals surface area contributed by atoms with Gasteiger partial charge in [0, 0.05) is 51.8 Å². The molecule has 5 rings (SSSR count). The molecule has 2 saturated heterocycles. The zero-order valence-corrected chi connectivity index (χ0v) is 20.0. The second-order valence-corrected chi connectivity index (χ2v) is 8.95. The number of amides is 1. The molecule has 3 aliphatic rings. The van der Waals surface area contributed by atoms with Crippen molar-refractivity contribution in [2.24, 2.45) is 4.99 Å². The number of benzene rings is 1. The number of likely N-dealkylation sites (tertiary alicyclic amines) is 1. The summed E-state index contributed by atoms with van der Waals surface area (Å²) < 4.78 is 16.7. The molecule has 2 aromatic rings. The third-order valence-corrected chi connectivity index (χ3v) is 6.59. The molecule has 1 amide bonds. The third kappa shape index (κ3) is 5.01. The summed E-state index contributed by atoms with van der Waals surface area (Å²) >= 11 is 0.